The number of carbonyl (C=O) groups is 1. The molecular formula is C16H18F2N2O3. The number of aromatic nitrogens is 2. The minimum Gasteiger partial charge on any atom is -0.497 e. The van der Waals surface area contributed by atoms with Crippen LogP contribution in [0, 0.1) is 0 Å². The lowest BCUT2D eigenvalue weighted by Gasteiger charge is -2.16. The van der Waals surface area contributed by atoms with Crippen LogP contribution in [0.4, 0.5) is 8.78 Å². The Hall–Kier alpha value is -2.44. The van der Waals surface area contributed by atoms with Crippen molar-refractivity contribution in [2.24, 2.45) is 0 Å². The molecule has 0 spiro atoms. The topological polar surface area (TPSA) is 53.3 Å². The second-order valence-electron chi connectivity index (χ2n) is 4.92. The van der Waals surface area contributed by atoms with Crippen LogP contribution < -0.4 is 4.74 Å². The number of benzene rings is 1. The van der Waals surface area contributed by atoms with E-state index in [4.69, 9.17) is 9.47 Å². The van der Waals surface area contributed by atoms with Crippen LogP contribution in [0.25, 0.3) is 0 Å². The number of nitrogens with zero attached hydrogens (tertiary/aromatic N) is 2. The van der Waals surface area contributed by atoms with Crippen LogP contribution in [0.2, 0.25) is 0 Å². The van der Waals surface area contributed by atoms with E-state index >= 15 is 0 Å². The highest BCUT2D eigenvalue weighted by Gasteiger charge is 2.19. The Morgan fingerprint density at radius 1 is 1.39 bits per heavy atom. The van der Waals surface area contributed by atoms with Gasteiger partial charge in [-0.15, -0.1) is 0 Å². The average Bonchev–Trinajstić information content (AvgIpc) is 3.00. The molecule has 0 saturated heterocycles. The van der Waals surface area contributed by atoms with Gasteiger partial charge in [0.15, 0.2) is 0 Å². The van der Waals surface area contributed by atoms with E-state index in [0.717, 1.165) is 10.2 Å². The Kier molecular flexibility index (Phi) is 5.67. The number of ether oxygens (including phenoxy) is 2. The van der Waals surface area contributed by atoms with Crippen molar-refractivity contribution in [2.45, 2.75) is 32.4 Å². The molecule has 23 heavy (non-hydrogen) atoms. The standard InChI is InChI=1S/C16H18F2N2O3/c1-3-14(11-5-4-6-13(7-11)22-2)23-16(21)12-8-19-20(9-12)10-15(17)18/h4-9,14-15H,3,10H2,1-2H3. The molecule has 0 aliphatic carbocycles. The second-order valence-corrected chi connectivity index (χ2v) is 4.92. The lowest BCUT2D eigenvalue weighted by atomic mass is 10.1. The van der Waals surface area contributed by atoms with E-state index in [9.17, 15) is 13.6 Å². The second kappa shape index (κ2) is 7.71. The molecule has 0 bridgehead atoms. The van der Waals surface area contributed by atoms with Gasteiger partial charge in [0.2, 0.25) is 0 Å². The van der Waals surface area contributed by atoms with Crippen molar-refractivity contribution in [3.05, 3.63) is 47.8 Å². The van der Waals surface area contributed by atoms with Gasteiger partial charge in [0, 0.05) is 6.20 Å². The molecule has 1 heterocycles. The van der Waals surface area contributed by atoms with Crippen molar-refractivity contribution in [3.63, 3.8) is 0 Å². The van der Waals surface area contributed by atoms with E-state index in [1.807, 2.05) is 19.1 Å². The van der Waals surface area contributed by atoms with Gasteiger partial charge < -0.3 is 9.47 Å². The van der Waals surface area contributed by atoms with Gasteiger partial charge in [0.05, 0.1) is 18.9 Å². The molecule has 5 nitrogen and oxygen atoms in total. The third-order valence-corrected chi connectivity index (χ3v) is 3.28. The lowest BCUT2D eigenvalue weighted by Crippen LogP contribution is -2.11. The number of hydrogen-bond donors (Lipinski definition) is 0. The van der Waals surface area contributed by atoms with Gasteiger partial charge in [0.25, 0.3) is 6.43 Å². The third kappa shape index (κ3) is 4.51. The smallest absolute Gasteiger partial charge is 0.341 e. The molecule has 1 aromatic carbocycles. The van der Waals surface area contributed by atoms with Crippen LogP contribution in [0.5, 0.6) is 5.75 Å². The summed E-state index contributed by atoms with van der Waals surface area (Å²) in [7, 11) is 1.56. The Bertz CT molecular complexity index is 658. The Balaban J connectivity index is 2.08. The van der Waals surface area contributed by atoms with Gasteiger partial charge in [-0.1, -0.05) is 19.1 Å². The summed E-state index contributed by atoms with van der Waals surface area (Å²) >= 11 is 0. The number of rotatable bonds is 7. The van der Waals surface area contributed by atoms with Gasteiger partial charge >= 0.3 is 5.97 Å². The zero-order valence-electron chi connectivity index (χ0n) is 12.9. The van der Waals surface area contributed by atoms with Gasteiger partial charge in [-0.25, -0.2) is 13.6 Å². The maximum absolute atomic E-state index is 12.3. The van der Waals surface area contributed by atoms with E-state index in [2.05, 4.69) is 5.10 Å². The van der Waals surface area contributed by atoms with Gasteiger partial charge in [-0.2, -0.15) is 5.10 Å². The fourth-order valence-electron chi connectivity index (χ4n) is 2.14. The molecule has 0 saturated carbocycles. The van der Waals surface area contributed by atoms with Gasteiger partial charge in [0.1, 0.15) is 18.4 Å². The largest absolute Gasteiger partial charge is 0.497 e. The highest BCUT2D eigenvalue weighted by Crippen LogP contribution is 2.25. The normalized spacial score (nSPS) is 12.2. The summed E-state index contributed by atoms with van der Waals surface area (Å²) in [5.74, 6) is 0.0712. The number of hydrogen-bond acceptors (Lipinski definition) is 4. The molecule has 124 valence electrons. The molecule has 2 aromatic rings. The average molecular weight is 324 g/mol. The molecule has 0 aliphatic rings. The lowest BCUT2D eigenvalue weighted by molar-refractivity contribution is 0.0287. The summed E-state index contributed by atoms with van der Waals surface area (Å²) in [6.45, 7) is 1.33. The number of alkyl halides is 2. The first-order chi connectivity index (χ1) is 11.0. The van der Waals surface area contributed by atoms with E-state index in [1.165, 1.54) is 12.4 Å². The zero-order valence-corrected chi connectivity index (χ0v) is 12.9. The number of esters is 1. The summed E-state index contributed by atoms with van der Waals surface area (Å²) in [5, 5.41) is 3.73. The maximum Gasteiger partial charge on any atom is 0.341 e. The first kappa shape index (κ1) is 16.9. The van der Waals surface area contributed by atoms with Crippen molar-refractivity contribution in [1.29, 1.82) is 0 Å². The molecule has 0 aliphatic heterocycles. The maximum atomic E-state index is 12.3. The fourth-order valence-corrected chi connectivity index (χ4v) is 2.14. The quantitative estimate of drug-likeness (QED) is 0.732. The molecule has 0 N–H and O–H groups in total. The van der Waals surface area contributed by atoms with Crippen LogP contribution in [0.1, 0.15) is 35.4 Å². The predicted molar refractivity (Wildman–Crippen MR) is 79.7 cm³/mol. The van der Waals surface area contributed by atoms with Crippen LogP contribution in [0.15, 0.2) is 36.7 Å². The van der Waals surface area contributed by atoms with E-state index in [-0.39, 0.29) is 5.56 Å². The molecule has 1 unspecified atom stereocenters. The van der Waals surface area contributed by atoms with Crippen LogP contribution in [-0.2, 0) is 11.3 Å². The van der Waals surface area contributed by atoms with Crippen molar-refractivity contribution >= 4 is 5.97 Å². The number of methoxy groups -OCH3 is 1. The molecule has 0 fully saturated rings. The molecule has 7 heteroatoms. The fraction of sp³-hybridized carbons (Fsp3) is 0.375. The summed E-state index contributed by atoms with van der Waals surface area (Å²) in [4.78, 5) is 12.1. The molecule has 1 atom stereocenters. The number of halogens is 2. The Labute approximate surface area is 132 Å². The first-order valence-corrected chi connectivity index (χ1v) is 7.19. The molecule has 1 aromatic heterocycles. The zero-order chi connectivity index (χ0) is 16.8. The van der Waals surface area contributed by atoms with Crippen LogP contribution >= 0.6 is 0 Å². The van der Waals surface area contributed by atoms with E-state index in [0.29, 0.717) is 12.2 Å². The Morgan fingerprint density at radius 2 is 2.17 bits per heavy atom. The van der Waals surface area contributed by atoms with E-state index < -0.39 is 25.0 Å². The molecular weight excluding hydrogens is 306 g/mol. The molecule has 0 radical (unpaired) electrons. The Morgan fingerprint density at radius 3 is 2.83 bits per heavy atom. The highest BCUT2D eigenvalue weighted by molar-refractivity contribution is 5.88. The first-order valence-electron chi connectivity index (χ1n) is 7.19. The number of carbonyl (C=O) groups excluding carboxylic acids is 1. The van der Waals surface area contributed by atoms with Gasteiger partial charge in [-0.05, 0) is 24.1 Å². The van der Waals surface area contributed by atoms with Crippen LogP contribution in [-0.4, -0.2) is 29.3 Å². The minimum absolute atomic E-state index is 0.145. The van der Waals surface area contributed by atoms with Crippen LogP contribution in [0.3, 0.4) is 0 Å². The van der Waals surface area contributed by atoms with Crippen molar-refractivity contribution in [3.8, 4) is 5.75 Å². The van der Waals surface area contributed by atoms with Gasteiger partial charge in [-0.3, -0.25) is 4.68 Å². The summed E-state index contributed by atoms with van der Waals surface area (Å²) in [6, 6.07) is 7.24. The van der Waals surface area contributed by atoms with E-state index in [1.54, 1.807) is 19.2 Å². The van der Waals surface area contributed by atoms with Crippen molar-refractivity contribution < 1.29 is 23.0 Å². The monoisotopic (exact) mass is 324 g/mol. The predicted octanol–water partition coefficient (Wildman–Crippen LogP) is 3.46. The summed E-state index contributed by atoms with van der Waals surface area (Å²) in [6.07, 6.45) is 0.0786. The molecule has 2 rings (SSSR count). The minimum atomic E-state index is -2.53. The van der Waals surface area contributed by atoms with Crippen molar-refractivity contribution in [1.82, 2.24) is 9.78 Å². The summed E-state index contributed by atoms with van der Waals surface area (Å²) in [5.41, 5.74) is 0.951. The summed E-state index contributed by atoms with van der Waals surface area (Å²) < 4.78 is 36.2. The molecule has 0 amide bonds. The SMILES string of the molecule is CCC(OC(=O)c1cnn(CC(F)F)c1)c1cccc(OC)c1. The third-order valence-electron chi connectivity index (χ3n) is 3.28. The highest BCUT2D eigenvalue weighted by atomic mass is 19.3. The van der Waals surface area contributed by atoms with Crippen molar-refractivity contribution in [2.75, 3.05) is 7.11 Å².